The molecule has 5 heteroatoms. The number of hydrogen-bond donors (Lipinski definition) is 3. The highest BCUT2D eigenvalue weighted by molar-refractivity contribution is 5.03. The fourth-order valence-electron chi connectivity index (χ4n) is 1.48. The Morgan fingerprint density at radius 3 is 3.06 bits per heavy atom. The van der Waals surface area contributed by atoms with E-state index in [9.17, 15) is 0 Å². The van der Waals surface area contributed by atoms with Crippen LogP contribution >= 0.6 is 0 Å². The summed E-state index contributed by atoms with van der Waals surface area (Å²) in [5.41, 5.74) is 1.12. The fourth-order valence-corrected chi connectivity index (χ4v) is 1.48. The van der Waals surface area contributed by atoms with E-state index in [1.54, 1.807) is 17.8 Å². The third-order valence-electron chi connectivity index (χ3n) is 2.32. The van der Waals surface area contributed by atoms with E-state index in [1.165, 1.54) is 0 Å². The number of hydrogen-bond acceptors (Lipinski definition) is 4. The highest BCUT2D eigenvalue weighted by atomic mass is 16.3. The minimum absolute atomic E-state index is 0.114. The predicted octanol–water partition coefficient (Wildman–Crippen LogP) is 0.126. The molecule has 16 heavy (non-hydrogen) atoms. The van der Waals surface area contributed by atoms with Crippen LogP contribution in [0, 0.1) is 0 Å². The van der Waals surface area contributed by atoms with Crippen LogP contribution in [0.4, 0.5) is 0 Å². The number of aromatic nitrogens is 2. The third kappa shape index (κ3) is 5.25. The Balaban J connectivity index is 2.12. The van der Waals surface area contributed by atoms with Gasteiger partial charge in [-0.05, 0) is 26.3 Å². The summed E-state index contributed by atoms with van der Waals surface area (Å²) in [5.74, 6) is 0. The summed E-state index contributed by atoms with van der Waals surface area (Å²) in [6.45, 7) is 4.14. The molecular formula is C11H21N3O2. The van der Waals surface area contributed by atoms with Gasteiger partial charge in [0.25, 0.3) is 0 Å². The number of nitrogens with zero attached hydrogens (tertiary/aromatic N) is 2. The molecule has 1 atom stereocenters. The van der Waals surface area contributed by atoms with Crippen molar-refractivity contribution in [2.24, 2.45) is 0 Å². The molecule has 0 bridgehead atoms. The van der Waals surface area contributed by atoms with Crippen molar-refractivity contribution in [1.82, 2.24) is 15.1 Å². The first-order valence-electron chi connectivity index (χ1n) is 5.73. The molecule has 1 rings (SSSR count). The summed E-state index contributed by atoms with van der Waals surface area (Å²) in [6, 6.07) is 0. The van der Waals surface area contributed by atoms with E-state index in [-0.39, 0.29) is 12.7 Å². The summed E-state index contributed by atoms with van der Waals surface area (Å²) in [5, 5.41) is 25.2. The lowest BCUT2D eigenvalue weighted by molar-refractivity contribution is 0.181. The molecule has 0 aliphatic carbocycles. The van der Waals surface area contributed by atoms with Crippen molar-refractivity contribution < 1.29 is 10.2 Å². The van der Waals surface area contributed by atoms with Crippen molar-refractivity contribution in [3.8, 4) is 0 Å². The number of rotatable bonds is 8. The average molecular weight is 227 g/mol. The van der Waals surface area contributed by atoms with Crippen molar-refractivity contribution in [2.45, 2.75) is 39.0 Å². The molecule has 0 amide bonds. The van der Waals surface area contributed by atoms with Gasteiger partial charge in [0.1, 0.15) is 0 Å². The molecular weight excluding hydrogens is 206 g/mol. The molecule has 0 aromatic carbocycles. The first-order chi connectivity index (χ1) is 7.72. The SMILES string of the molecule is CC(O)CCCNCc1cnn(CCO)c1. The molecule has 1 unspecified atom stereocenters. The van der Waals surface area contributed by atoms with Crippen molar-refractivity contribution >= 4 is 0 Å². The van der Waals surface area contributed by atoms with Crippen LogP contribution in [0.1, 0.15) is 25.3 Å². The molecule has 0 saturated carbocycles. The van der Waals surface area contributed by atoms with Crippen molar-refractivity contribution in [2.75, 3.05) is 13.2 Å². The number of aliphatic hydroxyl groups is 2. The third-order valence-corrected chi connectivity index (χ3v) is 2.32. The maximum atomic E-state index is 9.07. The van der Waals surface area contributed by atoms with Gasteiger partial charge in [-0.3, -0.25) is 4.68 Å². The average Bonchev–Trinajstić information content (AvgIpc) is 2.65. The zero-order valence-corrected chi connectivity index (χ0v) is 9.76. The first kappa shape index (κ1) is 13.2. The predicted molar refractivity (Wildman–Crippen MR) is 61.9 cm³/mol. The molecule has 0 saturated heterocycles. The summed E-state index contributed by atoms with van der Waals surface area (Å²) >= 11 is 0. The molecule has 0 aliphatic rings. The molecule has 0 aliphatic heterocycles. The summed E-state index contributed by atoms with van der Waals surface area (Å²) in [7, 11) is 0. The van der Waals surface area contributed by atoms with Crippen LogP contribution in [-0.4, -0.2) is 39.2 Å². The van der Waals surface area contributed by atoms with Crippen LogP contribution in [0.15, 0.2) is 12.4 Å². The van der Waals surface area contributed by atoms with Crippen LogP contribution in [0.5, 0.6) is 0 Å². The number of aliphatic hydroxyl groups excluding tert-OH is 2. The fraction of sp³-hybridized carbons (Fsp3) is 0.727. The second-order valence-corrected chi connectivity index (χ2v) is 4.00. The van der Waals surface area contributed by atoms with Crippen LogP contribution in [0.2, 0.25) is 0 Å². The minimum Gasteiger partial charge on any atom is -0.394 e. The van der Waals surface area contributed by atoms with E-state index in [1.807, 2.05) is 6.20 Å². The Morgan fingerprint density at radius 1 is 1.56 bits per heavy atom. The lowest BCUT2D eigenvalue weighted by atomic mass is 10.2. The van der Waals surface area contributed by atoms with E-state index < -0.39 is 0 Å². The largest absolute Gasteiger partial charge is 0.394 e. The van der Waals surface area contributed by atoms with Gasteiger partial charge in [-0.15, -0.1) is 0 Å². The van der Waals surface area contributed by atoms with Gasteiger partial charge in [0.2, 0.25) is 0 Å². The van der Waals surface area contributed by atoms with Crippen molar-refractivity contribution in [3.05, 3.63) is 18.0 Å². The van der Waals surface area contributed by atoms with Gasteiger partial charge in [0, 0.05) is 18.3 Å². The van der Waals surface area contributed by atoms with Crippen LogP contribution < -0.4 is 5.32 Å². The second kappa shape index (κ2) is 7.38. The molecule has 1 heterocycles. The van der Waals surface area contributed by atoms with Crippen molar-refractivity contribution in [1.29, 1.82) is 0 Å². The van der Waals surface area contributed by atoms with Crippen LogP contribution in [-0.2, 0) is 13.1 Å². The molecule has 1 aromatic heterocycles. The van der Waals surface area contributed by atoms with Crippen LogP contribution in [0.25, 0.3) is 0 Å². The Kier molecular flexibility index (Phi) is 6.07. The maximum absolute atomic E-state index is 9.07. The Morgan fingerprint density at radius 2 is 2.38 bits per heavy atom. The highest BCUT2D eigenvalue weighted by Crippen LogP contribution is 1.98. The molecule has 0 fully saturated rings. The van der Waals surface area contributed by atoms with Gasteiger partial charge in [-0.1, -0.05) is 0 Å². The quantitative estimate of drug-likeness (QED) is 0.552. The van der Waals surface area contributed by atoms with E-state index in [2.05, 4.69) is 10.4 Å². The number of nitrogens with one attached hydrogen (secondary N) is 1. The second-order valence-electron chi connectivity index (χ2n) is 4.00. The summed E-state index contributed by atoms with van der Waals surface area (Å²) < 4.78 is 1.73. The van der Waals surface area contributed by atoms with Gasteiger partial charge in [0.15, 0.2) is 0 Å². The zero-order valence-electron chi connectivity index (χ0n) is 9.76. The zero-order chi connectivity index (χ0) is 11.8. The van der Waals surface area contributed by atoms with Gasteiger partial charge >= 0.3 is 0 Å². The van der Waals surface area contributed by atoms with Gasteiger partial charge < -0.3 is 15.5 Å². The lowest BCUT2D eigenvalue weighted by Gasteiger charge is -2.04. The molecule has 1 aromatic rings. The van der Waals surface area contributed by atoms with Gasteiger partial charge in [-0.25, -0.2) is 0 Å². The van der Waals surface area contributed by atoms with E-state index in [0.29, 0.717) is 6.54 Å². The topological polar surface area (TPSA) is 70.3 Å². The summed E-state index contributed by atoms with van der Waals surface area (Å²) in [6.07, 6.45) is 5.32. The minimum atomic E-state index is -0.214. The molecule has 92 valence electrons. The van der Waals surface area contributed by atoms with Gasteiger partial charge in [0.05, 0.1) is 25.5 Å². The standard InChI is InChI=1S/C11H21N3O2/c1-10(16)3-2-4-12-7-11-8-13-14(9-11)5-6-15/h8-10,12,15-16H,2-7H2,1H3. The Labute approximate surface area is 96.1 Å². The molecule has 3 N–H and O–H groups in total. The molecule has 0 spiro atoms. The Bertz CT molecular complexity index is 287. The van der Waals surface area contributed by atoms with Gasteiger partial charge in [-0.2, -0.15) is 5.10 Å². The van der Waals surface area contributed by atoms with E-state index in [0.717, 1.165) is 31.5 Å². The monoisotopic (exact) mass is 227 g/mol. The molecule has 5 nitrogen and oxygen atoms in total. The van der Waals surface area contributed by atoms with E-state index >= 15 is 0 Å². The van der Waals surface area contributed by atoms with Crippen molar-refractivity contribution in [3.63, 3.8) is 0 Å². The lowest BCUT2D eigenvalue weighted by Crippen LogP contribution is -2.15. The first-order valence-corrected chi connectivity index (χ1v) is 5.73. The van der Waals surface area contributed by atoms with Crippen LogP contribution in [0.3, 0.4) is 0 Å². The Hall–Kier alpha value is -0.910. The smallest absolute Gasteiger partial charge is 0.0640 e. The maximum Gasteiger partial charge on any atom is 0.0640 e. The summed E-state index contributed by atoms with van der Waals surface area (Å²) in [4.78, 5) is 0. The molecule has 0 radical (unpaired) electrons. The normalized spacial score (nSPS) is 12.9. The van der Waals surface area contributed by atoms with E-state index in [4.69, 9.17) is 10.2 Å². The highest BCUT2D eigenvalue weighted by Gasteiger charge is 1.98.